The molecule has 130 valence electrons. The van der Waals surface area contributed by atoms with Crippen molar-refractivity contribution in [3.05, 3.63) is 66.0 Å². The summed E-state index contributed by atoms with van der Waals surface area (Å²) in [6.07, 6.45) is 3.73. The second kappa shape index (κ2) is 6.79. The molecule has 2 aromatic heterocycles. The van der Waals surface area contributed by atoms with Gasteiger partial charge in [-0.3, -0.25) is 9.89 Å². The zero-order valence-electron chi connectivity index (χ0n) is 14.3. The number of hydrogen-bond donors (Lipinski definition) is 2. The second-order valence-electron chi connectivity index (χ2n) is 6.20. The number of aromatic nitrogens is 5. The summed E-state index contributed by atoms with van der Waals surface area (Å²) >= 11 is 0. The van der Waals surface area contributed by atoms with Crippen molar-refractivity contribution in [2.24, 2.45) is 0 Å². The number of hydrogen-bond acceptors (Lipinski definition) is 4. The minimum absolute atomic E-state index is 0.0301. The smallest absolute Gasteiger partial charge is 0.217 e. The first-order valence-electron chi connectivity index (χ1n) is 8.33. The van der Waals surface area contributed by atoms with E-state index in [9.17, 15) is 4.79 Å². The Hall–Kier alpha value is -3.48. The van der Waals surface area contributed by atoms with Crippen molar-refractivity contribution in [1.82, 2.24) is 30.5 Å². The van der Waals surface area contributed by atoms with Crippen LogP contribution in [0, 0.1) is 0 Å². The van der Waals surface area contributed by atoms with E-state index in [4.69, 9.17) is 0 Å². The highest BCUT2D eigenvalue weighted by molar-refractivity contribution is 5.82. The fourth-order valence-electron chi connectivity index (χ4n) is 2.78. The van der Waals surface area contributed by atoms with Gasteiger partial charge < -0.3 is 5.32 Å². The Bertz CT molecular complexity index is 1050. The lowest BCUT2D eigenvalue weighted by molar-refractivity contribution is -0.119. The van der Waals surface area contributed by atoms with E-state index >= 15 is 0 Å². The molecule has 4 aromatic rings. The summed E-state index contributed by atoms with van der Waals surface area (Å²) in [5.41, 5.74) is 4.99. The minimum atomic E-state index is -0.0301. The van der Waals surface area contributed by atoms with Crippen LogP contribution < -0.4 is 5.32 Å². The predicted octanol–water partition coefficient (Wildman–Crippen LogP) is 2.51. The van der Waals surface area contributed by atoms with Crippen LogP contribution in [0.4, 0.5) is 0 Å². The molecule has 26 heavy (non-hydrogen) atoms. The van der Waals surface area contributed by atoms with Crippen LogP contribution >= 0.6 is 0 Å². The van der Waals surface area contributed by atoms with Crippen molar-refractivity contribution in [3.63, 3.8) is 0 Å². The first kappa shape index (κ1) is 16.0. The number of aromatic amines is 1. The van der Waals surface area contributed by atoms with Crippen LogP contribution in [0.2, 0.25) is 0 Å². The standard InChI is InChI=1S/C19H18N6O/c1-13(26)20-9-14-2-4-15(5-3-14)11-25-12-19(23-24-25)16-6-7-17-10-21-22-18(17)8-16/h2-8,10,12H,9,11H2,1H3,(H,20,26)(H,21,22). The van der Waals surface area contributed by atoms with Gasteiger partial charge in [0.05, 0.1) is 24.5 Å². The van der Waals surface area contributed by atoms with Crippen LogP contribution in [0.3, 0.4) is 0 Å². The molecule has 0 unspecified atom stereocenters. The summed E-state index contributed by atoms with van der Waals surface area (Å²) < 4.78 is 1.81. The monoisotopic (exact) mass is 346 g/mol. The van der Waals surface area contributed by atoms with E-state index in [1.54, 1.807) is 6.20 Å². The number of nitrogens with one attached hydrogen (secondary N) is 2. The van der Waals surface area contributed by atoms with Gasteiger partial charge in [-0.1, -0.05) is 41.6 Å². The molecule has 0 saturated carbocycles. The molecule has 0 atom stereocenters. The molecule has 0 radical (unpaired) electrons. The number of carbonyl (C=O) groups is 1. The number of H-pyrrole nitrogens is 1. The van der Waals surface area contributed by atoms with E-state index in [2.05, 4.69) is 25.8 Å². The first-order valence-corrected chi connectivity index (χ1v) is 8.33. The van der Waals surface area contributed by atoms with Crippen LogP contribution in [0.1, 0.15) is 18.1 Å². The summed E-state index contributed by atoms with van der Waals surface area (Å²) in [6.45, 7) is 2.69. The van der Waals surface area contributed by atoms with Crippen LogP contribution in [0.5, 0.6) is 0 Å². The van der Waals surface area contributed by atoms with Crippen LogP contribution in [0.25, 0.3) is 22.2 Å². The summed E-state index contributed by atoms with van der Waals surface area (Å²) in [4.78, 5) is 11.0. The molecule has 0 aliphatic heterocycles. The van der Waals surface area contributed by atoms with Crippen molar-refractivity contribution in [2.45, 2.75) is 20.0 Å². The van der Waals surface area contributed by atoms with Gasteiger partial charge in [0.2, 0.25) is 5.91 Å². The molecular formula is C19H18N6O. The number of nitrogens with zero attached hydrogens (tertiary/aromatic N) is 4. The molecule has 0 spiro atoms. The maximum atomic E-state index is 11.0. The van der Waals surface area contributed by atoms with Crippen LogP contribution in [-0.2, 0) is 17.9 Å². The molecule has 0 bridgehead atoms. The Kier molecular flexibility index (Phi) is 4.18. The van der Waals surface area contributed by atoms with E-state index in [0.717, 1.165) is 33.3 Å². The third kappa shape index (κ3) is 3.46. The molecule has 4 rings (SSSR count). The second-order valence-corrected chi connectivity index (χ2v) is 6.20. The highest BCUT2D eigenvalue weighted by Gasteiger charge is 2.06. The van der Waals surface area contributed by atoms with Crippen molar-refractivity contribution in [1.29, 1.82) is 0 Å². The van der Waals surface area contributed by atoms with E-state index in [0.29, 0.717) is 13.1 Å². The third-order valence-electron chi connectivity index (χ3n) is 4.19. The van der Waals surface area contributed by atoms with Crippen molar-refractivity contribution in [2.75, 3.05) is 0 Å². The quantitative estimate of drug-likeness (QED) is 0.581. The van der Waals surface area contributed by atoms with Crippen molar-refractivity contribution in [3.8, 4) is 11.3 Å². The lowest BCUT2D eigenvalue weighted by Gasteiger charge is -2.05. The molecule has 0 fully saturated rings. The number of benzene rings is 2. The fraction of sp³-hybridized carbons (Fsp3) is 0.158. The predicted molar refractivity (Wildman–Crippen MR) is 98.2 cm³/mol. The lowest BCUT2D eigenvalue weighted by Crippen LogP contribution is -2.18. The average molecular weight is 346 g/mol. The molecule has 0 aliphatic carbocycles. The zero-order valence-corrected chi connectivity index (χ0v) is 14.3. The molecule has 2 heterocycles. The molecule has 2 aromatic carbocycles. The molecule has 2 N–H and O–H groups in total. The number of carbonyl (C=O) groups excluding carboxylic acids is 1. The van der Waals surface area contributed by atoms with Gasteiger partial charge in [-0.05, 0) is 17.2 Å². The molecule has 1 amide bonds. The molecule has 0 aliphatic rings. The van der Waals surface area contributed by atoms with E-state index in [-0.39, 0.29) is 5.91 Å². The Labute approximate surface area is 150 Å². The topological polar surface area (TPSA) is 88.5 Å². The Morgan fingerprint density at radius 3 is 2.77 bits per heavy atom. The summed E-state index contributed by atoms with van der Waals surface area (Å²) in [7, 11) is 0. The summed E-state index contributed by atoms with van der Waals surface area (Å²) in [5.74, 6) is -0.0301. The van der Waals surface area contributed by atoms with Crippen LogP contribution in [-0.4, -0.2) is 31.1 Å². The maximum absolute atomic E-state index is 11.0. The van der Waals surface area contributed by atoms with Gasteiger partial charge in [0.15, 0.2) is 0 Å². The van der Waals surface area contributed by atoms with Gasteiger partial charge in [0.25, 0.3) is 0 Å². The zero-order chi connectivity index (χ0) is 17.9. The number of fused-ring (bicyclic) bond motifs is 1. The van der Waals surface area contributed by atoms with E-state index < -0.39 is 0 Å². The summed E-state index contributed by atoms with van der Waals surface area (Å²) in [6, 6.07) is 14.1. The highest BCUT2D eigenvalue weighted by Crippen LogP contribution is 2.21. The fourth-order valence-corrected chi connectivity index (χ4v) is 2.78. The van der Waals surface area contributed by atoms with Crippen molar-refractivity contribution >= 4 is 16.8 Å². The van der Waals surface area contributed by atoms with E-state index in [1.165, 1.54) is 6.92 Å². The minimum Gasteiger partial charge on any atom is -0.352 e. The molecule has 7 nitrogen and oxygen atoms in total. The number of amides is 1. The normalized spacial score (nSPS) is 11.0. The van der Waals surface area contributed by atoms with Gasteiger partial charge in [-0.2, -0.15) is 5.10 Å². The highest BCUT2D eigenvalue weighted by atomic mass is 16.1. The number of rotatable bonds is 5. The molecule has 7 heteroatoms. The average Bonchev–Trinajstić information content (AvgIpc) is 3.29. The van der Waals surface area contributed by atoms with Crippen molar-refractivity contribution < 1.29 is 4.79 Å². The van der Waals surface area contributed by atoms with Gasteiger partial charge in [0.1, 0.15) is 5.69 Å². The van der Waals surface area contributed by atoms with Gasteiger partial charge in [-0.15, -0.1) is 5.10 Å². The Morgan fingerprint density at radius 1 is 1.15 bits per heavy atom. The first-order chi connectivity index (χ1) is 12.7. The lowest BCUT2D eigenvalue weighted by atomic mass is 10.1. The van der Waals surface area contributed by atoms with Gasteiger partial charge in [-0.25, -0.2) is 4.68 Å². The Balaban J connectivity index is 1.47. The van der Waals surface area contributed by atoms with Crippen LogP contribution in [0.15, 0.2) is 54.9 Å². The maximum Gasteiger partial charge on any atom is 0.217 e. The van der Waals surface area contributed by atoms with E-state index in [1.807, 2.05) is 53.3 Å². The molecule has 0 saturated heterocycles. The third-order valence-corrected chi connectivity index (χ3v) is 4.19. The SMILES string of the molecule is CC(=O)NCc1ccc(Cn2cc(-c3ccc4cn[nH]c4c3)nn2)cc1. The van der Waals surface area contributed by atoms with Gasteiger partial charge >= 0.3 is 0 Å². The Morgan fingerprint density at radius 2 is 1.96 bits per heavy atom. The van der Waals surface area contributed by atoms with Gasteiger partial charge in [0, 0.05) is 24.4 Å². The molecular weight excluding hydrogens is 328 g/mol. The largest absolute Gasteiger partial charge is 0.352 e. The summed E-state index contributed by atoms with van der Waals surface area (Å²) in [5, 5.41) is 19.4.